The first kappa shape index (κ1) is 58.4. The molecule has 0 heterocycles. The predicted molar refractivity (Wildman–Crippen MR) is 258 cm³/mol. The molecule has 0 unspecified atom stereocenters. The maximum atomic E-state index is 12.6. The minimum absolute atomic E-state index is 0.0681. The van der Waals surface area contributed by atoms with Crippen LogP contribution < -0.4 is 44.2 Å². The Kier molecular flexibility index (Phi) is 30.2. The lowest BCUT2D eigenvalue weighted by molar-refractivity contribution is -0.114. The molecule has 3 amide bonds. The summed E-state index contributed by atoms with van der Waals surface area (Å²) >= 11 is 0. The third-order valence-electron chi connectivity index (χ3n) is 7.91. The van der Waals surface area contributed by atoms with Crippen LogP contribution >= 0.6 is 0 Å². The van der Waals surface area contributed by atoms with Crippen molar-refractivity contribution >= 4 is 59.2 Å². The van der Waals surface area contributed by atoms with Crippen LogP contribution in [0.2, 0.25) is 0 Å². The number of guanidine groups is 2. The molecule has 14 heteroatoms. The lowest BCUT2D eigenvalue weighted by Gasteiger charge is -2.23. The number of nitrogens with two attached hydrogens (primary N) is 4. The zero-order valence-corrected chi connectivity index (χ0v) is 39.4. The highest BCUT2D eigenvalue weighted by Gasteiger charge is 2.20. The van der Waals surface area contributed by atoms with Crippen molar-refractivity contribution in [3.8, 4) is 0 Å². The number of rotatable bonds is 11. The quantitative estimate of drug-likeness (QED) is 0.0523. The van der Waals surface area contributed by atoms with Gasteiger partial charge in [0.1, 0.15) is 6.29 Å². The molecule has 60 heavy (non-hydrogen) atoms. The molecule has 0 aliphatic carbocycles. The number of hydrogen-bond donors (Lipinski definition) is 8. The molecule has 3 aromatic rings. The van der Waals surface area contributed by atoms with Crippen LogP contribution in [-0.2, 0) is 20.4 Å². The van der Waals surface area contributed by atoms with Gasteiger partial charge in [0, 0.05) is 60.9 Å². The van der Waals surface area contributed by atoms with Gasteiger partial charge in [-0.3, -0.25) is 29.2 Å². The number of hydrogen-bond acceptors (Lipinski definition) is 7. The number of aliphatic imine (C=N–C) groups is 2. The highest BCUT2D eigenvalue weighted by atomic mass is 16.2. The highest BCUT2D eigenvalue weighted by Crippen LogP contribution is 2.33. The Balaban J connectivity index is -0.000000809. The van der Waals surface area contributed by atoms with Crippen LogP contribution in [0.5, 0.6) is 0 Å². The van der Waals surface area contributed by atoms with Gasteiger partial charge in [-0.1, -0.05) is 95.2 Å². The number of nitrogens with one attached hydrogen (secondary N) is 4. The van der Waals surface area contributed by atoms with Gasteiger partial charge < -0.3 is 44.2 Å². The van der Waals surface area contributed by atoms with E-state index >= 15 is 0 Å². The van der Waals surface area contributed by atoms with E-state index in [1.807, 2.05) is 80.6 Å². The Hall–Kier alpha value is -5.92. The van der Waals surface area contributed by atoms with Gasteiger partial charge in [0.15, 0.2) is 11.9 Å². The van der Waals surface area contributed by atoms with Crippen molar-refractivity contribution in [3.05, 3.63) is 81.9 Å². The highest BCUT2D eigenvalue weighted by molar-refractivity contribution is 6.06. The zero-order chi connectivity index (χ0) is 47.2. The monoisotopic (exact) mass is 835 g/mol. The number of aldehydes is 1. The fourth-order valence-corrected chi connectivity index (χ4v) is 4.65. The third kappa shape index (κ3) is 24.1. The predicted octanol–water partition coefficient (Wildman–Crippen LogP) is 8.61. The van der Waals surface area contributed by atoms with Gasteiger partial charge in [0.05, 0.1) is 0 Å². The minimum Gasteiger partial charge on any atom is -0.388 e. The summed E-state index contributed by atoms with van der Waals surface area (Å²) in [5.41, 5.74) is 28.0. The first-order chi connectivity index (χ1) is 28.0. The van der Waals surface area contributed by atoms with Gasteiger partial charge in [0.25, 0.3) is 5.91 Å². The van der Waals surface area contributed by atoms with E-state index in [0.717, 1.165) is 54.0 Å². The average molecular weight is 835 g/mol. The molecule has 0 saturated carbocycles. The molecule has 3 rings (SSSR count). The van der Waals surface area contributed by atoms with Crippen LogP contribution in [0.1, 0.15) is 146 Å². The van der Waals surface area contributed by atoms with E-state index < -0.39 is 0 Å². The number of amides is 3. The van der Waals surface area contributed by atoms with E-state index in [1.54, 1.807) is 24.3 Å². The van der Waals surface area contributed by atoms with E-state index in [0.29, 0.717) is 35.2 Å². The van der Waals surface area contributed by atoms with E-state index in [2.05, 4.69) is 78.9 Å². The lowest BCUT2D eigenvalue weighted by Crippen LogP contribution is -2.22. The Bertz CT molecular complexity index is 1780. The molecule has 336 valence electrons. The van der Waals surface area contributed by atoms with Crippen molar-refractivity contribution in [2.75, 3.05) is 41.4 Å². The van der Waals surface area contributed by atoms with Crippen molar-refractivity contribution in [1.82, 2.24) is 0 Å². The summed E-state index contributed by atoms with van der Waals surface area (Å²) in [5, 5.41) is 11.6. The minimum atomic E-state index is -0.309. The number of carbonyl (C=O) groups excluding carboxylic acids is 4. The van der Waals surface area contributed by atoms with Crippen LogP contribution in [0, 0.1) is 13.8 Å². The Morgan fingerprint density at radius 3 is 1.43 bits per heavy atom. The molecule has 3 aromatic carbocycles. The van der Waals surface area contributed by atoms with Crippen LogP contribution in [-0.4, -0.2) is 56.6 Å². The van der Waals surface area contributed by atoms with E-state index in [1.165, 1.54) is 12.5 Å². The second-order valence-electron chi connectivity index (χ2n) is 14.9. The van der Waals surface area contributed by atoms with Gasteiger partial charge in [-0.15, -0.1) is 0 Å². The molecule has 0 aliphatic rings. The van der Waals surface area contributed by atoms with Gasteiger partial charge in [-0.05, 0) is 96.2 Å². The summed E-state index contributed by atoms with van der Waals surface area (Å²) in [5.74, 6) is -0.115. The molecule has 0 saturated heterocycles. The second-order valence-corrected chi connectivity index (χ2v) is 14.9. The smallest absolute Gasteiger partial charge is 0.255 e. The molecule has 14 nitrogen and oxygen atoms in total. The summed E-state index contributed by atoms with van der Waals surface area (Å²) in [4.78, 5) is 53.0. The molecular formula is C46H78N10O4. The molecular weight excluding hydrogens is 757 g/mol. The summed E-state index contributed by atoms with van der Waals surface area (Å²) in [6, 6.07) is 14.5. The number of benzene rings is 3. The Labute approximate surface area is 361 Å². The van der Waals surface area contributed by atoms with Crippen LogP contribution in [0.15, 0.2) is 58.5 Å². The maximum absolute atomic E-state index is 12.6. The summed E-state index contributed by atoms with van der Waals surface area (Å²) in [6.45, 7) is 31.5. The van der Waals surface area contributed by atoms with E-state index in [4.69, 9.17) is 22.9 Å². The molecule has 12 N–H and O–H groups in total. The first-order valence-corrected chi connectivity index (χ1v) is 20.5. The summed E-state index contributed by atoms with van der Waals surface area (Å²) < 4.78 is 0. The van der Waals surface area contributed by atoms with Crippen LogP contribution in [0.3, 0.4) is 0 Å². The maximum Gasteiger partial charge on any atom is 0.255 e. The molecule has 0 aromatic heterocycles. The summed E-state index contributed by atoms with van der Waals surface area (Å²) in [6.07, 6.45) is 3.42. The number of anilines is 4. The van der Waals surface area contributed by atoms with E-state index in [9.17, 15) is 19.2 Å². The Morgan fingerprint density at radius 1 is 0.667 bits per heavy atom. The van der Waals surface area contributed by atoms with Gasteiger partial charge in [-0.2, -0.15) is 0 Å². The van der Waals surface area contributed by atoms with E-state index in [-0.39, 0.29) is 34.6 Å². The second kappa shape index (κ2) is 31.1. The van der Waals surface area contributed by atoms with Gasteiger partial charge in [0.2, 0.25) is 12.3 Å². The van der Waals surface area contributed by atoms with Gasteiger partial charge in [-0.25, -0.2) is 0 Å². The SMILES string of the molecule is CC.CC.CC(=O)Nc1cc(C(C)(C)C)cc(NC(=O)c2cccc(C=O)c2)c1C.CCCN=C(N)N.CCCN=C(N)N.CNc1cc(C(C)(C)C)cc(NC=O)c1C. The third-order valence-corrected chi connectivity index (χ3v) is 7.91. The average Bonchev–Trinajstić information content (AvgIpc) is 3.19. The molecule has 0 atom stereocenters. The summed E-state index contributed by atoms with van der Waals surface area (Å²) in [7, 11) is 1.89. The molecule has 0 spiro atoms. The van der Waals surface area contributed by atoms with Crippen molar-refractivity contribution < 1.29 is 19.2 Å². The van der Waals surface area contributed by atoms with Crippen molar-refractivity contribution in [2.24, 2.45) is 32.9 Å². The first-order valence-electron chi connectivity index (χ1n) is 20.5. The normalized spacial score (nSPS) is 9.80. The Morgan fingerprint density at radius 2 is 1.08 bits per heavy atom. The molecule has 0 fully saturated rings. The molecule has 0 bridgehead atoms. The van der Waals surface area contributed by atoms with Crippen LogP contribution in [0.25, 0.3) is 0 Å². The largest absolute Gasteiger partial charge is 0.388 e. The lowest BCUT2D eigenvalue weighted by atomic mass is 9.85. The molecule has 0 radical (unpaired) electrons. The number of carbonyl (C=O) groups is 4. The van der Waals surface area contributed by atoms with Crippen LogP contribution in [0.4, 0.5) is 22.7 Å². The fourth-order valence-electron chi connectivity index (χ4n) is 4.65. The van der Waals surface area contributed by atoms with Crippen molar-refractivity contribution in [2.45, 2.75) is 128 Å². The van der Waals surface area contributed by atoms with Crippen molar-refractivity contribution in [1.29, 1.82) is 0 Å². The topological polar surface area (TPSA) is 245 Å². The zero-order valence-electron chi connectivity index (χ0n) is 39.4. The van der Waals surface area contributed by atoms with Crippen molar-refractivity contribution in [3.63, 3.8) is 0 Å². The molecule has 0 aliphatic heterocycles. The number of nitrogens with zero attached hydrogens (tertiary/aromatic N) is 2. The fraction of sp³-hybridized carbons (Fsp3) is 0.478. The van der Waals surface area contributed by atoms with Gasteiger partial charge >= 0.3 is 0 Å². The standard InChI is InChI=1S/C21H24N2O3.C13H20N2O.2C4H11N3.2C2H6/c1-13-18(22-14(2)25)10-17(21(3,4)5)11-19(13)23-20(26)16-8-6-7-15(9-16)12-24;1-9-11(14-5)6-10(13(2,3)4)7-12(9)15-8-16;2*1-2-3-7-4(5)6;2*1-2/h6-12H,1-5H3,(H,22,25)(H,23,26);6-8,14H,1-5H3,(H,15,16);2*2-3H2,1H3,(H4,5,6,7);2*1-2H3.